The molecule has 63 valence electrons. The van der Waals surface area contributed by atoms with E-state index in [0.717, 1.165) is 5.69 Å². The van der Waals surface area contributed by atoms with Crippen molar-refractivity contribution in [2.45, 2.75) is 13.0 Å². The van der Waals surface area contributed by atoms with Gasteiger partial charge in [-0.25, -0.2) is 0 Å². The highest BCUT2D eigenvalue weighted by Crippen LogP contribution is 2.04. The van der Waals surface area contributed by atoms with Crippen molar-refractivity contribution in [1.29, 1.82) is 0 Å². The monoisotopic (exact) mass is 163 g/mol. The standard InChI is InChI=1S/C9H11N2O/c1-7(10)9(12)11-8-5-3-2-4-6-8/h2-3,5-7H,10H2,1H3,(H,11,12)/t7-/m0/s1. The van der Waals surface area contributed by atoms with Crippen LogP contribution >= 0.6 is 0 Å². The molecule has 3 heteroatoms. The summed E-state index contributed by atoms with van der Waals surface area (Å²) in [4.78, 5) is 11.1. The summed E-state index contributed by atoms with van der Waals surface area (Å²) < 4.78 is 0. The van der Waals surface area contributed by atoms with E-state index < -0.39 is 6.04 Å². The van der Waals surface area contributed by atoms with Gasteiger partial charge in [-0.1, -0.05) is 12.1 Å². The van der Waals surface area contributed by atoms with Gasteiger partial charge in [-0.15, -0.1) is 0 Å². The highest BCUT2D eigenvalue weighted by atomic mass is 16.2. The molecule has 1 rings (SSSR count). The number of nitrogens with one attached hydrogen (secondary N) is 1. The summed E-state index contributed by atoms with van der Waals surface area (Å²) in [7, 11) is 0. The Morgan fingerprint density at radius 1 is 1.75 bits per heavy atom. The zero-order chi connectivity index (χ0) is 8.97. The van der Waals surface area contributed by atoms with E-state index in [1.807, 2.05) is 0 Å². The summed E-state index contributed by atoms with van der Waals surface area (Å²) in [6.07, 6.45) is 0. The predicted molar refractivity (Wildman–Crippen MR) is 47.6 cm³/mol. The summed E-state index contributed by atoms with van der Waals surface area (Å²) in [6, 6.07) is 9.42. The van der Waals surface area contributed by atoms with Crippen LogP contribution in [0.2, 0.25) is 0 Å². The molecule has 0 aliphatic rings. The first-order chi connectivity index (χ1) is 5.70. The lowest BCUT2D eigenvalue weighted by Gasteiger charge is -2.06. The van der Waals surface area contributed by atoms with Crippen molar-refractivity contribution in [3.8, 4) is 0 Å². The van der Waals surface area contributed by atoms with E-state index in [1.165, 1.54) is 0 Å². The van der Waals surface area contributed by atoms with Crippen molar-refractivity contribution in [2.24, 2.45) is 5.73 Å². The Labute approximate surface area is 71.6 Å². The second kappa shape index (κ2) is 3.88. The fourth-order valence-corrected chi connectivity index (χ4v) is 0.727. The van der Waals surface area contributed by atoms with E-state index in [4.69, 9.17) is 5.73 Å². The maximum absolute atomic E-state index is 11.1. The lowest BCUT2D eigenvalue weighted by Crippen LogP contribution is -2.32. The molecule has 0 saturated carbocycles. The highest BCUT2D eigenvalue weighted by Gasteiger charge is 2.05. The Morgan fingerprint density at radius 3 is 3.00 bits per heavy atom. The number of amides is 1. The third-order valence-corrected chi connectivity index (χ3v) is 1.39. The number of carbonyl (C=O) groups excluding carboxylic acids is 1. The van der Waals surface area contributed by atoms with Gasteiger partial charge in [-0.3, -0.25) is 4.79 Å². The fraction of sp³-hybridized carbons (Fsp3) is 0.222. The predicted octanol–water partition coefficient (Wildman–Crippen LogP) is 0.772. The molecule has 0 heterocycles. The summed E-state index contributed by atoms with van der Waals surface area (Å²) in [5.74, 6) is -0.186. The Balaban J connectivity index is 2.59. The fourth-order valence-electron chi connectivity index (χ4n) is 0.727. The second-order valence-electron chi connectivity index (χ2n) is 2.57. The average Bonchev–Trinajstić information content (AvgIpc) is 2.06. The van der Waals surface area contributed by atoms with Crippen molar-refractivity contribution in [3.05, 3.63) is 30.3 Å². The number of rotatable bonds is 2. The number of nitrogens with two attached hydrogens (primary N) is 1. The van der Waals surface area contributed by atoms with Crippen molar-refractivity contribution in [1.82, 2.24) is 0 Å². The van der Waals surface area contributed by atoms with E-state index in [-0.39, 0.29) is 5.91 Å². The van der Waals surface area contributed by atoms with E-state index in [1.54, 1.807) is 31.2 Å². The largest absolute Gasteiger partial charge is 0.325 e. The van der Waals surface area contributed by atoms with Gasteiger partial charge in [0, 0.05) is 5.69 Å². The van der Waals surface area contributed by atoms with Crippen LogP contribution in [0.5, 0.6) is 0 Å². The molecule has 3 N–H and O–H groups in total. The molecule has 0 aliphatic heterocycles. The lowest BCUT2D eigenvalue weighted by molar-refractivity contribution is -0.117. The molecule has 12 heavy (non-hydrogen) atoms. The summed E-state index contributed by atoms with van der Waals surface area (Å²) in [5.41, 5.74) is 6.08. The van der Waals surface area contributed by atoms with Crippen LogP contribution in [0, 0.1) is 6.07 Å². The van der Waals surface area contributed by atoms with Crippen LogP contribution in [-0.2, 0) is 4.79 Å². The van der Waals surface area contributed by atoms with Crippen molar-refractivity contribution >= 4 is 11.6 Å². The minimum atomic E-state index is -0.481. The lowest BCUT2D eigenvalue weighted by atomic mass is 10.3. The molecule has 1 amide bonds. The molecule has 0 aliphatic carbocycles. The van der Waals surface area contributed by atoms with Gasteiger partial charge in [0.2, 0.25) is 5.91 Å². The van der Waals surface area contributed by atoms with E-state index in [9.17, 15) is 4.79 Å². The SMILES string of the molecule is C[C@H](N)C(=O)Nc1c[c]ccc1. The van der Waals surface area contributed by atoms with Gasteiger partial charge >= 0.3 is 0 Å². The van der Waals surface area contributed by atoms with Crippen LogP contribution in [0.25, 0.3) is 0 Å². The van der Waals surface area contributed by atoms with Gasteiger partial charge in [0.25, 0.3) is 0 Å². The quantitative estimate of drug-likeness (QED) is 0.676. The van der Waals surface area contributed by atoms with Crippen molar-refractivity contribution in [2.75, 3.05) is 5.32 Å². The van der Waals surface area contributed by atoms with Gasteiger partial charge in [0.05, 0.1) is 6.04 Å². The molecule has 3 nitrogen and oxygen atoms in total. The first-order valence-electron chi connectivity index (χ1n) is 3.72. The molecule has 0 unspecified atom stereocenters. The molecule has 0 aromatic heterocycles. The van der Waals surface area contributed by atoms with E-state index in [2.05, 4.69) is 11.4 Å². The highest BCUT2D eigenvalue weighted by molar-refractivity contribution is 5.94. The van der Waals surface area contributed by atoms with Gasteiger partial charge in [-0.05, 0) is 25.1 Å². The Hall–Kier alpha value is -1.35. The van der Waals surface area contributed by atoms with Gasteiger partial charge in [0.1, 0.15) is 0 Å². The smallest absolute Gasteiger partial charge is 0.240 e. The van der Waals surface area contributed by atoms with Crippen molar-refractivity contribution < 1.29 is 4.79 Å². The van der Waals surface area contributed by atoms with Crippen molar-refractivity contribution in [3.63, 3.8) is 0 Å². The Morgan fingerprint density at radius 2 is 2.50 bits per heavy atom. The second-order valence-corrected chi connectivity index (χ2v) is 2.57. The molecule has 1 radical (unpaired) electrons. The maximum Gasteiger partial charge on any atom is 0.240 e. The number of carbonyl (C=O) groups is 1. The molecule has 0 fully saturated rings. The maximum atomic E-state index is 11.1. The van der Waals surface area contributed by atoms with E-state index >= 15 is 0 Å². The zero-order valence-electron chi connectivity index (χ0n) is 6.87. The molecule has 1 aromatic rings. The first kappa shape index (κ1) is 8.74. The normalized spacial score (nSPS) is 12.2. The van der Waals surface area contributed by atoms with Gasteiger partial charge in [-0.2, -0.15) is 0 Å². The minimum Gasteiger partial charge on any atom is -0.325 e. The topological polar surface area (TPSA) is 55.1 Å². The van der Waals surface area contributed by atoms with Gasteiger partial charge < -0.3 is 11.1 Å². The van der Waals surface area contributed by atoms with Gasteiger partial charge in [0.15, 0.2) is 0 Å². The summed E-state index contributed by atoms with van der Waals surface area (Å²) in [5, 5.41) is 2.65. The first-order valence-corrected chi connectivity index (χ1v) is 3.72. The molecule has 1 aromatic carbocycles. The molecular formula is C9H11N2O. The van der Waals surface area contributed by atoms with Crippen LogP contribution in [0.1, 0.15) is 6.92 Å². The molecule has 1 atom stereocenters. The van der Waals surface area contributed by atoms with E-state index in [0.29, 0.717) is 0 Å². The zero-order valence-corrected chi connectivity index (χ0v) is 6.87. The molecular weight excluding hydrogens is 152 g/mol. The average molecular weight is 163 g/mol. The number of anilines is 1. The van der Waals surface area contributed by atoms with Crippen LogP contribution < -0.4 is 11.1 Å². The Bertz CT molecular complexity index is 256. The van der Waals surface area contributed by atoms with Crippen LogP contribution in [0.4, 0.5) is 5.69 Å². The minimum absolute atomic E-state index is 0.186. The summed E-state index contributed by atoms with van der Waals surface area (Å²) in [6.45, 7) is 1.64. The number of hydrogen-bond acceptors (Lipinski definition) is 2. The van der Waals surface area contributed by atoms with Crippen LogP contribution in [0.3, 0.4) is 0 Å². The molecule has 0 saturated heterocycles. The van der Waals surface area contributed by atoms with Crippen LogP contribution in [-0.4, -0.2) is 11.9 Å². The molecule has 0 spiro atoms. The summed E-state index contributed by atoms with van der Waals surface area (Å²) >= 11 is 0. The number of benzene rings is 1. The number of hydrogen-bond donors (Lipinski definition) is 2. The third kappa shape index (κ3) is 2.36. The third-order valence-electron chi connectivity index (χ3n) is 1.39. The molecule has 0 bridgehead atoms. The Kier molecular flexibility index (Phi) is 2.82. The van der Waals surface area contributed by atoms with Crippen LogP contribution in [0.15, 0.2) is 24.3 Å².